The lowest BCUT2D eigenvalue weighted by Crippen LogP contribution is -2.39. The van der Waals surface area contributed by atoms with Gasteiger partial charge in [0.15, 0.2) is 5.58 Å². The minimum Gasteiger partial charge on any atom is -0.481 e. The molecular formula is C37H37N5O4S. The number of aliphatic hydroxyl groups is 1. The number of rotatable bonds is 8. The normalized spacial score (nSPS) is 17.6. The van der Waals surface area contributed by atoms with E-state index in [1.807, 2.05) is 24.3 Å². The van der Waals surface area contributed by atoms with Crippen molar-refractivity contribution < 1.29 is 19.4 Å². The maximum atomic E-state index is 11.4. The van der Waals surface area contributed by atoms with E-state index in [-0.39, 0.29) is 18.6 Å². The van der Waals surface area contributed by atoms with Gasteiger partial charge in [-0.3, -0.25) is 14.6 Å². The molecule has 0 amide bonds. The third kappa shape index (κ3) is 5.85. The maximum Gasteiger partial charge on any atom is 0.307 e. The van der Waals surface area contributed by atoms with Crippen molar-refractivity contribution in [3.8, 4) is 39.2 Å². The number of carbonyl (C=O) groups is 1. The Balaban J connectivity index is 1.20. The van der Waals surface area contributed by atoms with Gasteiger partial charge in [-0.05, 0) is 79.8 Å². The van der Waals surface area contributed by atoms with Crippen molar-refractivity contribution in [3.63, 3.8) is 0 Å². The van der Waals surface area contributed by atoms with Gasteiger partial charge in [0.05, 0.1) is 23.8 Å². The SMILES string of the molecule is Cc1c(-c2nc3cc(CN4CC[C@@H](C(=O)O)C4)cc(C#N)c3o2)cccc1-c1cccc(-c2nc3c(s2)CN(C(C)CO)CC3)c1C. The number of aromatic nitrogens is 2. The Bertz CT molecular complexity index is 2040. The van der Waals surface area contributed by atoms with Gasteiger partial charge in [-0.1, -0.05) is 30.3 Å². The van der Waals surface area contributed by atoms with E-state index < -0.39 is 5.97 Å². The van der Waals surface area contributed by atoms with Gasteiger partial charge in [-0.2, -0.15) is 5.26 Å². The molecule has 1 unspecified atom stereocenters. The highest BCUT2D eigenvalue weighted by atomic mass is 32.1. The first-order valence-electron chi connectivity index (χ1n) is 16.1. The second kappa shape index (κ2) is 12.7. The molecule has 0 aliphatic carbocycles. The van der Waals surface area contributed by atoms with Crippen LogP contribution in [0.15, 0.2) is 52.9 Å². The van der Waals surface area contributed by atoms with Crippen LogP contribution in [0, 0.1) is 31.1 Å². The largest absolute Gasteiger partial charge is 0.481 e. The van der Waals surface area contributed by atoms with Crippen LogP contribution in [0.4, 0.5) is 0 Å². The third-order valence-electron chi connectivity index (χ3n) is 9.77. The summed E-state index contributed by atoms with van der Waals surface area (Å²) < 4.78 is 6.27. The molecule has 0 radical (unpaired) electrons. The maximum absolute atomic E-state index is 11.4. The van der Waals surface area contributed by atoms with Crippen LogP contribution in [0.1, 0.15) is 46.2 Å². The number of hydrogen-bond acceptors (Lipinski definition) is 9. The summed E-state index contributed by atoms with van der Waals surface area (Å²) in [5.41, 5.74) is 9.93. The molecule has 2 atom stereocenters. The van der Waals surface area contributed by atoms with Gasteiger partial charge in [0.25, 0.3) is 0 Å². The molecule has 5 aromatic rings. The zero-order valence-corrected chi connectivity index (χ0v) is 27.6. The predicted molar refractivity (Wildman–Crippen MR) is 182 cm³/mol. The van der Waals surface area contributed by atoms with Crippen LogP contribution in [-0.2, 0) is 24.3 Å². The van der Waals surface area contributed by atoms with Crippen LogP contribution in [0.2, 0.25) is 0 Å². The average molecular weight is 648 g/mol. The average Bonchev–Trinajstić information content (AvgIpc) is 3.82. The van der Waals surface area contributed by atoms with Crippen LogP contribution in [0.25, 0.3) is 44.3 Å². The molecule has 1 saturated heterocycles. The topological polar surface area (TPSA) is 127 Å². The molecule has 7 rings (SSSR count). The Hall–Kier alpha value is -4.40. The highest BCUT2D eigenvalue weighted by Crippen LogP contribution is 2.40. The van der Waals surface area contributed by atoms with E-state index in [0.717, 1.165) is 69.2 Å². The van der Waals surface area contributed by atoms with Gasteiger partial charge in [0, 0.05) is 54.6 Å². The molecule has 2 aliphatic heterocycles. The molecule has 240 valence electrons. The summed E-state index contributed by atoms with van der Waals surface area (Å²) in [4.78, 5) is 27.1. The predicted octanol–water partition coefficient (Wildman–Crippen LogP) is 6.42. The number of aliphatic hydroxyl groups excluding tert-OH is 1. The number of oxazole rings is 1. The van der Waals surface area contributed by atoms with Crippen LogP contribution in [0.3, 0.4) is 0 Å². The second-order valence-corrected chi connectivity index (χ2v) is 13.9. The minimum absolute atomic E-state index is 0.132. The molecule has 0 bridgehead atoms. The van der Waals surface area contributed by atoms with Crippen molar-refractivity contribution >= 4 is 28.4 Å². The number of aliphatic carboxylic acids is 1. The summed E-state index contributed by atoms with van der Waals surface area (Å²) in [6, 6.07) is 18.7. The number of benzene rings is 3. The molecule has 2 N–H and O–H groups in total. The summed E-state index contributed by atoms with van der Waals surface area (Å²) >= 11 is 1.75. The number of carboxylic acid groups (broad SMARTS) is 1. The fraction of sp³-hybridized carbons (Fsp3) is 0.351. The highest BCUT2D eigenvalue weighted by molar-refractivity contribution is 7.15. The molecule has 47 heavy (non-hydrogen) atoms. The van der Waals surface area contributed by atoms with Crippen molar-refractivity contribution in [3.05, 3.63) is 81.4 Å². The van der Waals surface area contributed by atoms with E-state index in [4.69, 9.17) is 14.4 Å². The number of hydrogen-bond donors (Lipinski definition) is 2. The van der Waals surface area contributed by atoms with Crippen molar-refractivity contribution in [2.24, 2.45) is 5.92 Å². The van der Waals surface area contributed by atoms with Crippen molar-refractivity contribution in [1.29, 1.82) is 5.26 Å². The summed E-state index contributed by atoms with van der Waals surface area (Å²) in [5.74, 6) is -0.654. The van der Waals surface area contributed by atoms with E-state index in [0.29, 0.717) is 48.6 Å². The zero-order chi connectivity index (χ0) is 32.8. The van der Waals surface area contributed by atoms with E-state index in [1.54, 1.807) is 11.3 Å². The summed E-state index contributed by atoms with van der Waals surface area (Å²) in [7, 11) is 0. The Morgan fingerprint density at radius 2 is 1.81 bits per heavy atom. The molecular weight excluding hydrogens is 611 g/mol. The standard InChI is InChI=1S/C37H37N5O4S/c1-21(20-43)42-13-11-31-33(19-42)47-36(40-31)30-9-5-7-28(23(30)3)27-6-4-8-29(22(27)2)35-39-32-15-24(14-26(16-38)34(32)46-35)17-41-12-10-25(18-41)37(44)45/h4-9,14-15,21,25,43H,10-13,17-20H2,1-3H3,(H,44,45)/t21?,25-/m1/s1. The Kier molecular flexibility index (Phi) is 8.41. The van der Waals surface area contributed by atoms with Crippen molar-refractivity contribution in [1.82, 2.24) is 19.8 Å². The number of nitrogens with zero attached hydrogens (tertiary/aromatic N) is 5. The van der Waals surface area contributed by atoms with Gasteiger partial charge in [0.2, 0.25) is 5.89 Å². The molecule has 1 fully saturated rings. The number of likely N-dealkylation sites (tertiary alicyclic amines) is 1. The number of carboxylic acids is 1. The number of thiazole rings is 1. The first-order chi connectivity index (χ1) is 22.7. The van der Waals surface area contributed by atoms with Gasteiger partial charge >= 0.3 is 5.97 Å². The molecule has 10 heteroatoms. The fourth-order valence-corrected chi connectivity index (χ4v) is 8.17. The van der Waals surface area contributed by atoms with Gasteiger partial charge in [0.1, 0.15) is 16.6 Å². The Morgan fingerprint density at radius 1 is 1.09 bits per heavy atom. The van der Waals surface area contributed by atoms with Gasteiger partial charge in [-0.25, -0.2) is 9.97 Å². The first-order valence-corrected chi connectivity index (χ1v) is 16.9. The van der Waals surface area contributed by atoms with Gasteiger partial charge in [-0.15, -0.1) is 11.3 Å². The van der Waals surface area contributed by atoms with Crippen LogP contribution in [0.5, 0.6) is 0 Å². The summed E-state index contributed by atoms with van der Waals surface area (Å²) in [6.45, 7) is 9.93. The lowest BCUT2D eigenvalue weighted by molar-refractivity contribution is -0.141. The molecule has 0 saturated carbocycles. The monoisotopic (exact) mass is 647 g/mol. The van der Waals surface area contributed by atoms with Crippen molar-refractivity contribution in [2.75, 3.05) is 26.2 Å². The summed E-state index contributed by atoms with van der Waals surface area (Å²) in [6.07, 6.45) is 1.52. The van der Waals surface area contributed by atoms with Crippen LogP contribution >= 0.6 is 11.3 Å². The quantitative estimate of drug-likeness (QED) is 0.196. The highest BCUT2D eigenvalue weighted by Gasteiger charge is 2.29. The zero-order valence-electron chi connectivity index (χ0n) is 26.8. The lowest BCUT2D eigenvalue weighted by atomic mass is 9.91. The van der Waals surface area contributed by atoms with E-state index >= 15 is 0 Å². The molecule has 2 aliphatic rings. The molecule has 3 aromatic carbocycles. The van der Waals surface area contributed by atoms with Crippen LogP contribution in [-0.4, -0.2) is 68.2 Å². The minimum atomic E-state index is -0.760. The van der Waals surface area contributed by atoms with E-state index in [1.165, 1.54) is 4.88 Å². The smallest absolute Gasteiger partial charge is 0.307 e. The molecule has 0 spiro atoms. The molecule has 9 nitrogen and oxygen atoms in total. The number of nitriles is 1. The van der Waals surface area contributed by atoms with Gasteiger partial charge < -0.3 is 14.6 Å². The third-order valence-corrected chi connectivity index (χ3v) is 10.9. The first kappa shape index (κ1) is 31.2. The molecule has 2 aromatic heterocycles. The van der Waals surface area contributed by atoms with E-state index in [9.17, 15) is 20.3 Å². The van der Waals surface area contributed by atoms with E-state index in [2.05, 4.69) is 60.9 Å². The lowest BCUT2D eigenvalue weighted by Gasteiger charge is -2.30. The Labute approximate surface area is 277 Å². The summed E-state index contributed by atoms with van der Waals surface area (Å²) in [5, 5.41) is 30.0. The second-order valence-electron chi connectivity index (χ2n) is 12.8. The fourth-order valence-electron chi connectivity index (χ4n) is 6.96. The number of fused-ring (bicyclic) bond motifs is 2. The van der Waals surface area contributed by atoms with Crippen molar-refractivity contribution in [2.45, 2.75) is 52.7 Å². The molecule has 4 heterocycles. The Morgan fingerprint density at radius 3 is 2.51 bits per heavy atom. The van der Waals surface area contributed by atoms with Crippen LogP contribution < -0.4 is 0 Å².